The van der Waals surface area contributed by atoms with Crippen LogP contribution in [0.5, 0.6) is 0 Å². The molecule has 0 saturated heterocycles. The van der Waals surface area contributed by atoms with Crippen LogP contribution >= 0.6 is 23.1 Å². The van der Waals surface area contributed by atoms with E-state index in [2.05, 4.69) is 15.3 Å². The maximum Gasteiger partial charge on any atom is 0.355 e. The van der Waals surface area contributed by atoms with E-state index >= 15 is 0 Å². The van der Waals surface area contributed by atoms with Gasteiger partial charge in [-0.15, -0.1) is 11.3 Å². The second kappa shape index (κ2) is 8.57. The van der Waals surface area contributed by atoms with Crippen LogP contribution in [-0.4, -0.2) is 38.6 Å². The highest BCUT2D eigenvalue weighted by Crippen LogP contribution is 2.39. The van der Waals surface area contributed by atoms with Gasteiger partial charge >= 0.3 is 11.7 Å². The van der Waals surface area contributed by atoms with Crippen LogP contribution in [0.4, 0.5) is 5.00 Å². The molecular formula is C20H20N4O4S2. The van der Waals surface area contributed by atoms with Gasteiger partial charge in [0.25, 0.3) is 0 Å². The Kier molecular flexibility index (Phi) is 5.87. The van der Waals surface area contributed by atoms with Gasteiger partial charge in [-0.05, 0) is 50.3 Å². The Labute approximate surface area is 180 Å². The van der Waals surface area contributed by atoms with E-state index in [0.29, 0.717) is 16.2 Å². The SMILES string of the molecule is CCOC(=O)c1c(NC(=O)CSc2nc(=O)n3cc(C)ccc3n2)sc2c1CCC2. The van der Waals surface area contributed by atoms with Gasteiger partial charge in [0.05, 0.1) is 17.9 Å². The summed E-state index contributed by atoms with van der Waals surface area (Å²) >= 11 is 2.51. The number of hydrogen-bond acceptors (Lipinski definition) is 8. The molecule has 0 saturated carbocycles. The summed E-state index contributed by atoms with van der Waals surface area (Å²) in [6, 6.07) is 3.59. The normalized spacial score (nSPS) is 12.7. The Bertz CT molecular complexity index is 1200. The smallest absolute Gasteiger partial charge is 0.355 e. The van der Waals surface area contributed by atoms with E-state index in [1.165, 1.54) is 15.7 Å². The van der Waals surface area contributed by atoms with Crippen LogP contribution in [0.1, 0.15) is 39.7 Å². The molecule has 3 aromatic rings. The van der Waals surface area contributed by atoms with Gasteiger partial charge in [0.15, 0.2) is 5.16 Å². The lowest BCUT2D eigenvalue weighted by atomic mass is 10.1. The zero-order valence-electron chi connectivity index (χ0n) is 16.6. The van der Waals surface area contributed by atoms with Crippen molar-refractivity contribution in [2.45, 2.75) is 38.3 Å². The Hall–Kier alpha value is -2.72. The van der Waals surface area contributed by atoms with Crippen molar-refractivity contribution < 1.29 is 14.3 Å². The zero-order chi connectivity index (χ0) is 21.3. The topological polar surface area (TPSA) is 103 Å². The minimum atomic E-state index is -0.439. The number of pyridine rings is 1. The van der Waals surface area contributed by atoms with Crippen molar-refractivity contribution in [1.29, 1.82) is 0 Å². The summed E-state index contributed by atoms with van der Waals surface area (Å²) < 4.78 is 6.55. The lowest BCUT2D eigenvalue weighted by Gasteiger charge is -2.08. The van der Waals surface area contributed by atoms with Gasteiger partial charge in [-0.2, -0.15) is 4.98 Å². The highest BCUT2D eigenvalue weighted by Gasteiger charge is 2.28. The average Bonchev–Trinajstić information content (AvgIpc) is 3.28. The number of carbonyl (C=O) groups excluding carboxylic acids is 2. The van der Waals surface area contributed by atoms with E-state index < -0.39 is 11.7 Å². The fourth-order valence-corrected chi connectivity index (χ4v) is 5.30. The fraction of sp³-hybridized carbons (Fsp3) is 0.350. The number of nitrogens with one attached hydrogen (secondary N) is 1. The maximum absolute atomic E-state index is 12.5. The molecule has 8 nitrogen and oxygen atoms in total. The fourth-order valence-electron chi connectivity index (χ4n) is 3.37. The van der Waals surface area contributed by atoms with Gasteiger partial charge in [0.2, 0.25) is 5.91 Å². The number of fused-ring (bicyclic) bond motifs is 2. The van der Waals surface area contributed by atoms with Gasteiger partial charge < -0.3 is 10.1 Å². The Morgan fingerprint density at radius 3 is 2.93 bits per heavy atom. The Morgan fingerprint density at radius 1 is 1.30 bits per heavy atom. The van der Waals surface area contributed by atoms with Crippen molar-refractivity contribution in [1.82, 2.24) is 14.4 Å². The number of hydrogen-bond donors (Lipinski definition) is 1. The molecule has 156 valence electrons. The molecule has 0 aliphatic heterocycles. The second-order valence-corrected chi connectivity index (χ2v) is 8.89. The van der Waals surface area contributed by atoms with Crippen LogP contribution in [0, 0.1) is 6.92 Å². The van der Waals surface area contributed by atoms with E-state index in [0.717, 1.165) is 47.0 Å². The first-order valence-corrected chi connectivity index (χ1v) is 11.4. The molecule has 10 heteroatoms. The molecule has 1 aliphatic carbocycles. The van der Waals surface area contributed by atoms with Crippen LogP contribution in [0.15, 0.2) is 28.3 Å². The van der Waals surface area contributed by atoms with Crippen LogP contribution < -0.4 is 11.0 Å². The summed E-state index contributed by atoms with van der Waals surface area (Å²) in [6.45, 7) is 3.91. The number of aryl methyl sites for hydroxylation is 2. The molecule has 3 heterocycles. The minimum absolute atomic E-state index is 0.0201. The highest BCUT2D eigenvalue weighted by molar-refractivity contribution is 7.99. The molecule has 1 aliphatic rings. The number of rotatable bonds is 6. The van der Waals surface area contributed by atoms with Gasteiger partial charge in [-0.3, -0.25) is 9.20 Å². The Balaban J connectivity index is 1.48. The number of thiophene rings is 1. The van der Waals surface area contributed by atoms with E-state index in [1.54, 1.807) is 19.2 Å². The number of esters is 1. The van der Waals surface area contributed by atoms with Crippen molar-refractivity contribution in [3.05, 3.63) is 50.4 Å². The van der Waals surface area contributed by atoms with Gasteiger partial charge in [0, 0.05) is 11.1 Å². The van der Waals surface area contributed by atoms with E-state index in [4.69, 9.17) is 4.74 Å². The predicted molar refractivity (Wildman–Crippen MR) is 116 cm³/mol. The molecule has 3 aromatic heterocycles. The monoisotopic (exact) mass is 444 g/mol. The number of anilines is 1. The molecule has 0 radical (unpaired) electrons. The summed E-state index contributed by atoms with van der Waals surface area (Å²) in [6.07, 6.45) is 4.40. The first-order valence-electron chi connectivity index (χ1n) is 9.57. The number of ether oxygens (including phenoxy) is 1. The molecule has 0 spiro atoms. The lowest BCUT2D eigenvalue weighted by molar-refractivity contribution is -0.113. The van der Waals surface area contributed by atoms with Gasteiger partial charge in [-0.1, -0.05) is 17.8 Å². The number of amides is 1. The second-order valence-electron chi connectivity index (χ2n) is 6.84. The number of aromatic nitrogens is 3. The van der Waals surface area contributed by atoms with E-state index in [9.17, 15) is 14.4 Å². The summed E-state index contributed by atoms with van der Waals surface area (Å²) in [5, 5.41) is 3.59. The van der Waals surface area contributed by atoms with Crippen molar-refractivity contribution in [3.8, 4) is 0 Å². The quantitative estimate of drug-likeness (QED) is 0.461. The minimum Gasteiger partial charge on any atom is -0.462 e. The Morgan fingerprint density at radius 2 is 2.13 bits per heavy atom. The van der Waals surface area contributed by atoms with E-state index in [-0.39, 0.29) is 23.4 Å². The molecule has 0 aromatic carbocycles. The third-order valence-corrected chi connectivity index (χ3v) is 6.72. The van der Waals surface area contributed by atoms with Crippen LogP contribution in [-0.2, 0) is 22.4 Å². The average molecular weight is 445 g/mol. The summed E-state index contributed by atoms with van der Waals surface area (Å²) in [5.74, 6) is -0.675. The molecule has 0 fully saturated rings. The molecule has 30 heavy (non-hydrogen) atoms. The van der Waals surface area contributed by atoms with Gasteiger partial charge in [0.1, 0.15) is 10.6 Å². The summed E-state index contributed by atoms with van der Waals surface area (Å²) in [4.78, 5) is 46.5. The molecule has 4 rings (SSSR count). The van der Waals surface area contributed by atoms with Crippen molar-refractivity contribution >= 4 is 45.6 Å². The summed E-state index contributed by atoms with van der Waals surface area (Å²) in [7, 11) is 0. The molecular weight excluding hydrogens is 424 g/mol. The standard InChI is InChI=1S/C20H20N4O4S2/c1-3-28-18(26)16-12-5-4-6-13(12)30-17(16)22-15(25)10-29-19-21-14-8-7-11(2)9-24(14)20(27)23-19/h7-9H,3-6,10H2,1-2H3,(H,22,25). The van der Waals surface area contributed by atoms with Crippen LogP contribution in [0.3, 0.4) is 0 Å². The van der Waals surface area contributed by atoms with Gasteiger partial charge in [-0.25, -0.2) is 14.6 Å². The highest BCUT2D eigenvalue weighted by atomic mass is 32.2. The predicted octanol–water partition coefficient (Wildman–Crippen LogP) is 2.86. The molecule has 0 bridgehead atoms. The third-order valence-electron chi connectivity index (χ3n) is 4.67. The molecule has 0 unspecified atom stereocenters. The molecule has 1 amide bonds. The van der Waals surface area contributed by atoms with Crippen molar-refractivity contribution in [2.75, 3.05) is 17.7 Å². The lowest BCUT2D eigenvalue weighted by Crippen LogP contribution is -2.20. The van der Waals surface area contributed by atoms with Crippen LogP contribution in [0.2, 0.25) is 0 Å². The molecule has 0 atom stereocenters. The van der Waals surface area contributed by atoms with Crippen LogP contribution in [0.25, 0.3) is 5.65 Å². The van der Waals surface area contributed by atoms with E-state index in [1.807, 2.05) is 13.0 Å². The summed E-state index contributed by atoms with van der Waals surface area (Å²) in [5.41, 5.74) is 2.42. The zero-order valence-corrected chi connectivity index (χ0v) is 18.2. The third kappa shape index (κ3) is 4.10. The van der Waals surface area contributed by atoms with Crippen molar-refractivity contribution in [3.63, 3.8) is 0 Å². The largest absolute Gasteiger partial charge is 0.462 e. The maximum atomic E-state index is 12.5. The van der Waals surface area contributed by atoms with Crippen molar-refractivity contribution in [2.24, 2.45) is 0 Å². The molecule has 1 N–H and O–H groups in total. The first-order chi connectivity index (χ1) is 14.5. The number of thioether (sulfide) groups is 1. The number of carbonyl (C=O) groups is 2. The number of nitrogens with zero attached hydrogens (tertiary/aromatic N) is 3. The first kappa shape index (κ1) is 20.5.